The van der Waals surface area contributed by atoms with Gasteiger partial charge >= 0.3 is 5.69 Å². The molecule has 0 unspecified atom stereocenters. The highest BCUT2D eigenvalue weighted by molar-refractivity contribution is 5.20. The molecular weight excluding hydrogens is 304 g/mol. The van der Waals surface area contributed by atoms with E-state index in [0.717, 1.165) is 10.2 Å². The first-order valence-corrected chi connectivity index (χ1v) is 7.03. The van der Waals surface area contributed by atoms with Gasteiger partial charge in [-0.15, -0.1) is 0 Å². The largest absolute Gasteiger partial charge is 0.343 e. The molecule has 0 aliphatic rings. The summed E-state index contributed by atoms with van der Waals surface area (Å²) < 4.78 is 28.3. The van der Waals surface area contributed by atoms with Gasteiger partial charge in [0.25, 0.3) is 6.43 Å². The summed E-state index contributed by atoms with van der Waals surface area (Å²) in [4.78, 5) is 14.6. The number of aromatic amines is 1. The second-order valence-corrected chi connectivity index (χ2v) is 5.21. The lowest BCUT2D eigenvalue weighted by atomic mass is 10.1. The van der Waals surface area contributed by atoms with Crippen molar-refractivity contribution in [2.75, 3.05) is 0 Å². The van der Waals surface area contributed by atoms with Gasteiger partial charge in [-0.1, -0.05) is 30.3 Å². The van der Waals surface area contributed by atoms with Gasteiger partial charge in [0.05, 0.1) is 6.54 Å². The van der Waals surface area contributed by atoms with Crippen molar-refractivity contribution in [1.29, 1.82) is 0 Å². The molecule has 8 heteroatoms. The highest BCUT2D eigenvalue weighted by Crippen LogP contribution is 2.21. The van der Waals surface area contributed by atoms with Crippen LogP contribution in [-0.4, -0.2) is 24.5 Å². The van der Waals surface area contributed by atoms with E-state index in [1.54, 1.807) is 7.05 Å². The SMILES string of the molecule is Cn1cc(Cn2nc(Cc3ccccc3)[nH]c2=O)c(C(F)F)n1. The minimum Gasteiger partial charge on any atom is -0.292 e. The van der Waals surface area contributed by atoms with Crippen LogP contribution in [0.2, 0.25) is 0 Å². The first kappa shape index (κ1) is 15.1. The monoisotopic (exact) mass is 319 g/mol. The Hall–Kier alpha value is -2.77. The Morgan fingerprint density at radius 1 is 1.22 bits per heavy atom. The minimum absolute atomic E-state index is 0.0440. The number of H-pyrrole nitrogens is 1. The van der Waals surface area contributed by atoms with Crippen molar-refractivity contribution in [3.63, 3.8) is 0 Å². The van der Waals surface area contributed by atoms with Gasteiger partial charge in [0, 0.05) is 25.2 Å². The molecule has 1 N–H and O–H groups in total. The van der Waals surface area contributed by atoms with E-state index >= 15 is 0 Å². The molecule has 0 radical (unpaired) electrons. The molecule has 0 atom stereocenters. The molecule has 0 bridgehead atoms. The standard InChI is InChI=1S/C15H15F2N5O/c1-21-8-11(13(20-21)14(16)17)9-22-15(23)18-12(19-22)7-10-5-3-2-4-6-10/h2-6,8,14H,7,9H2,1H3,(H,18,19,23). The third-order valence-electron chi connectivity index (χ3n) is 3.41. The molecule has 23 heavy (non-hydrogen) atoms. The summed E-state index contributed by atoms with van der Waals surface area (Å²) in [6, 6.07) is 9.55. The van der Waals surface area contributed by atoms with Gasteiger partial charge < -0.3 is 0 Å². The van der Waals surface area contributed by atoms with Crippen molar-refractivity contribution in [3.8, 4) is 0 Å². The van der Waals surface area contributed by atoms with Crippen LogP contribution in [0.3, 0.4) is 0 Å². The average molecular weight is 319 g/mol. The fourth-order valence-electron chi connectivity index (χ4n) is 2.40. The van der Waals surface area contributed by atoms with E-state index in [4.69, 9.17) is 0 Å². The molecule has 0 aliphatic carbocycles. The molecule has 0 amide bonds. The van der Waals surface area contributed by atoms with E-state index in [1.807, 2.05) is 30.3 Å². The van der Waals surface area contributed by atoms with Gasteiger partial charge in [-0.05, 0) is 5.56 Å². The molecule has 3 aromatic rings. The zero-order valence-corrected chi connectivity index (χ0v) is 12.4. The van der Waals surface area contributed by atoms with Crippen molar-refractivity contribution in [1.82, 2.24) is 24.5 Å². The summed E-state index contributed by atoms with van der Waals surface area (Å²) >= 11 is 0. The van der Waals surface area contributed by atoms with Crippen molar-refractivity contribution in [2.45, 2.75) is 19.4 Å². The maximum absolute atomic E-state index is 12.9. The number of rotatable bonds is 5. The van der Waals surface area contributed by atoms with Crippen molar-refractivity contribution in [2.24, 2.45) is 7.05 Å². The quantitative estimate of drug-likeness (QED) is 0.781. The van der Waals surface area contributed by atoms with Crippen LogP contribution in [0.5, 0.6) is 0 Å². The normalized spacial score (nSPS) is 11.3. The number of aromatic nitrogens is 5. The zero-order valence-electron chi connectivity index (χ0n) is 12.4. The third-order valence-corrected chi connectivity index (χ3v) is 3.41. The third kappa shape index (κ3) is 3.36. The molecule has 1 aromatic carbocycles. The predicted molar refractivity (Wildman–Crippen MR) is 79.4 cm³/mol. The summed E-state index contributed by atoms with van der Waals surface area (Å²) in [5.74, 6) is 0.490. The van der Waals surface area contributed by atoms with Crippen LogP contribution >= 0.6 is 0 Å². The first-order chi connectivity index (χ1) is 11.0. The Bertz CT molecular complexity index is 850. The maximum Gasteiger partial charge on any atom is 0.343 e. The van der Waals surface area contributed by atoms with Gasteiger partial charge in [0.15, 0.2) is 0 Å². The number of hydrogen-bond acceptors (Lipinski definition) is 3. The van der Waals surface area contributed by atoms with Crippen LogP contribution in [0.25, 0.3) is 0 Å². The topological polar surface area (TPSA) is 68.5 Å². The fraction of sp³-hybridized carbons (Fsp3) is 0.267. The van der Waals surface area contributed by atoms with Crippen LogP contribution in [0, 0.1) is 0 Å². The molecular formula is C15H15F2N5O. The Morgan fingerprint density at radius 3 is 2.65 bits per heavy atom. The Morgan fingerprint density at radius 2 is 1.96 bits per heavy atom. The predicted octanol–water partition coefficient (Wildman–Crippen LogP) is 1.88. The minimum atomic E-state index is -2.69. The number of alkyl halides is 2. The molecule has 2 heterocycles. The number of nitrogens with one attached hydrogen (secondary N) is 1. The molecule has 0 aliphatic heterocycles. The summed E-state index contributed by atoms with van der Waals surface area (Å²) in [6.07, 6.45) is -0.748. The average Bonchev–Trinajstić information content (AvgIpc) is 3.04. The number of benzene rings is 1. The Kier molecular flexibility index (Phi) is 4.05. The van der Waals surface area contributed by atoms with Gasteiger partial charge in [0.1, 0.15) is 11.5 Å². The fourth-order valence-corrected chi connectivity index (χ4v) is 2.40. The smallest absolute Gasteiger partial charge is 0.292 e. The lowest BCUT2D eigenvalue weighted by Crippen LogP contribution is -2.19. The molecule has 2 aromatic heterocycles. The van der Waals surface area contributed by atoms with Gasteiger partial charge in [-0.3, -0.25) is 9.67 Å². The summed E-state index contributed by atoms with van der Waals surface area (Å²) in [5, 5.41) is 7.90. The Labute approximate surface area is 130 Å². The van der Waals surface area contributed by atoms with Crippen LogP contribution in [0.1, 0.15) is 29.1 Å². The molecule has 120 valence electrons. The highest BCUT2D eigenvalue weighted by atomic mass is 19.3. The van der Waals surface area contributed by atoms with Crippen LogP contribution in [-0.2, 0) is 20.0 Å². The van der Waals surface area contributed by atoms with E-state index in [1.165, 1.54) is 10.9 Å². The maximum atomic E-state index is 12.9. The molecule has 0 saturated carbocycles. The van der Waals surface area contributed by atoms with Crippen LogP contribution < -0.4 is 5.69 Å². The molecule has 0 fully saturated rings. The molecule has 6 nitrogen and oxygen atoms in total. The van der Waals surface area contributed by atoms with E-state index in [0.29, 0.717) is 12.2 Å². The van der Waals surface area contributed by atoms with E-state index in [2.05, 4.69) is 15.2 Å². The highest BCUT2D eigenvalue weighted by Gasteiger charge is 2.19. The summed E-state index contributed by atoms with van der Waals surface area (Å²) in [7, 11) is 1.56. The van der Waals surface area contributed by atoms with Crippen molar-refractivity contribution < 1.29 is 8.78 Å². The molecule has 0 saturated heterocycles. The lowest BCUT2D eigenvalue weighted by Gasteiger charge is -2.00. The first-order valence-electron chi connectivity index (χ1n) is 7.03. The van der Waals surface area contributed by atoms with Gasteiger partial charge in [0.2, 0.25) is 0 Å². The van der Waals surface area contributed by atoms with E-state index in [9.17, 15) is 13.6 Å². The summed E-state index contributed by atoms with van der Waals surface area (Å²) in [6.45, 7) is -0.0440. The molecule has 0 spiro atoms. The lowest BCUT2D eigenvalue weighted by molar-refractivity contribution is 0.144. The second-order valence-electron chi connectivity index (χ2n) is 5.21. The Balaban J connectivity index is 1.83. The van der Waals surface area contributed by atoms with Crippen molar-refractivity contribution in [3.05, 3.63) is 69.7 Å². The molecule has 3 rings (SSSR count). The van der Waals surface area contributed by atoms with Gasteiger partial charge in [-0.2, -0.15) is 10.2 Å². The van der Waals surface area contributed by atoms with E-state index in [-0.39, 0.29) is 17.8 Å². The number of nitrogens with zero attached hydrogens (tertiary/aromatic N) is 4. The van der Waals surface area contributed by atoms with Gasteiger partial charge in [-0.25, -0.2) is 18.3 Å². The number of hydrogen-bond donors (Lipinski definition) is 1. The van der Waals surface area contributed by atoms with E-state index < -0.39 is 12.1 Å². The zero-order chi connectivity index (χ0) is 16.4. The second kappa shape index (κ2) is 6.15. The van der Waals surface area contributed by atoms with Crippen LogP contribution in [0.15, 0.2) is 41.3 Å². The number of halogens is 2. The van der Waals surface area contributed by atoms with Crippen molar-refractivity contribution >= 4 is 0 Å². The number of aryl methyl sites for hydroxylation is 1. The van der Waals surface area contributed by atoms with Crippen LogP contribution in [0.4, 0.5) is 8.78 Å². The summed E-state index contributed by atoms with van der Waals surface area (Å²) in [5.41, 5.74) is 0.525.